The molecule has 0 bridgehead atoms. The highest BCUT2D eigenvalue weighted by Gasteiger charge is 2.31. The second kappa shape index (κ2) is 10.8. The van der Waals surface area contributed by atoms with Gasteiger partial charge in [0.25, 0.3) is 5.91 Å². The van der Waals surface area contributed by atoms with Gasteiger partial charge in [-0.1, -0.05) is 29.8 Å². The minimum Gasteiger partial charge on any atom is -0.322 e. The molecule has 5 rings (SSSR count). The Bertz CT molecular complexity index is 1670. The summed E-state index contributed by atoms with van der Waals surface area (Å²) in [7, 11) is 0. The lowest BCUT2D eigenvalue weighted by Gasteiger charge is -2.14. The van der Waals surface area contributed by atoms with Crippen LogP contribution in [0.2, 0.25) is 0 Å². The number of alkyl halides is 3. The van der Waals surface area contributed by atoms with E-state index in [0.29, 0.717) is 11.1 Å². The average Bonchev–Trinajstić information content (AvgIpc) is 3.43. The zero-order valence-electron chi connectivity index (χ0n) is 22.4. The quantitative estimate of drug-likeness (QED) is 0.249. The van der Waals surface area contributed by atoms with Crippen LogP contribution in [0, 0.1) is 32.1 Å². The number of hydrogen-bond donors (Lipinski definition) is 1. The van der Waals surface area contributed by atoms with Crippen LogP contribution in [0.1, 0.15) is 67.3 Å². The van der Waals surface area contributed by atoms with E-state index in [-0.39, 0.29) is 17.0 Å². The number of carbonyl (C=O) groups is 1. The first-order valence-corrected chi connectivity index (χ1v) is 13.9. The Labute approximate surface area is 235 Å². The Morgan fingerprint density at radius 3 is 2.48 bits per heavy atom. The highest BCUT2D eigenvalue weighted by Crippen LogP contribution is 2.40. The Balaban J connectivity index is 1.58. The molecule has 1 N–H and O–H groups in total. The third-order valence-electron chi connectivity index (χ3n) is 7.28. The van der Waals surface area contributed by atoms with Gasteiger partial charge in [-0.25, -0.2) is 0 Å². The number of nitrogens with one attached hydrogen (secondary N) is 1. The molecule has 4 aromatic rings. The molecule has 1 aliphatic rings. The first-order valence-electron chi connectivity index (χ1n) is 13.1. The number of anilines is 1. The molecule has 0 fully saturated rings. The van der Waals surface area contributed by atoms with Gasteiger partial charge in [-0.05, 0) is 99.6 Å². The van der Waals surface area contributed by atoms with Gasteiger partial charge in [-0.3, -0.25) is 4.79 Å². The molecule has 4 nitrogen and oxygen atoms in total. The second-order valence-corrected chi connectivity index (χ2v) is 11.2. The van der Waals surface area contributed by atoms with Gasteiger partial charge in [-0.15, -0.1) is 11.3 Å². The molecule has 2 heterocycles. The van der Waals surface area contributed by atoms with Crippen LogP contribution in [0.25, 0.3) is 16.7 Å². The van der Waals surface area contributed by atoms with E-state index in [4.69, 9.17) is 0 Å². The van der Waals surface area contributed by atoms with Crippen molar-refractivity contribution in [3.8, 4) is 11.1 Å². The molecule has 0 atom stereocenters. The highest BCUT2D eigenvalue weighted by molar-refractivity contribution is 7.15. The average molecular weight is 560 g/mol. The zero-order valence-corrected chi connectivity index (χ0v) is 23.3. The molecule has 2 aromatic carbocycles. The summed E-state index contributed by atoms with van der Waals surface area (Å²) in [6.07, 6.45) is 0.974. The van der Waals surface area contributed by atoms with Crippen LogP contribution in [0.5, 0.6) is 0 Å². The summed E-state index contributed by atoms with van der Waals surface area (Å²) in [5.74, 6) is -0.162. The van der Waals surface area contributed by atoms with Crippen LogP contribution in [-0.4, -0.2) is 10.5 Å². The number of fused-ring (bicyclic) bond motifs is 1. The number of benzene rings is 2. The lowest BCUT2D eigenvalue weighted by molar-refractivity contribution is -0.137. The molecule has 1 amide bonds. The van der Waals surface area contributed by atoms with E-state index in [2.05, 4.69) is 11.4 Å². The van der Waals surface area contributed by atoms with E-state index >= 15 is 0 Å². The van der Waals surface area contributed by atoms with Crippen molar-refractivity contribution in [2.24, 2.45) is 0 Å². The third-order valence-corrected chi connectivity index (χ3v) is 8.56. The number of amides is 1. The topological polar surface area (TPSA) is 57.8 Å². The number of hydrogen-bond acceptors (Lipinski definition) is 3. The van der Waals surface area contributed by atoms with E-state index < -0.39 is 11.7 Å². The van der Waals surface area contributed by atoms with Crippen molar-refractivity contribution < 1.29 is 18.0 Å². The molecule has 0 radical (unpaired) electrons. The fourth-order valence-corrected chi connectivity index (χ4v) is 6.72. The summed E-state index contributed by atoms with van der Waals surface area (Å²) in [6.45, 7) is 5.83. The molecule has 0 aliphatic heterocycles. The maximum Gasteiger partial charge on any atom is 0.416 e. The largest absolute Gasteiger partial charge is 0.416 e. The van der Waals surface area contributed by atoms with Gasteiger partial charge in [0.15, 0.2) is 0 Å². The highest BCUT2D eigenvalue weighted by atomic mass is 32.1. The van der Waals surface area contributed by atoms with Crippen LogP contribution in [0.3, 0.4) is 0 Å². The van der Waals surface area contributed by atoms with E-state index in [1.807, 2.05) is 55.7 Å². The van der Waals surface area contributed by atoms with Crippen LogP contribution in [0.15, 0.2) is 54.6 Å². The molecular formula is C32H28F3N3OS. The normalized spacial score (nSPS) is 13.6. The number of aryl methyl sites for hydroxylation is 3. The van der Waals surface area contributed by atoms with Crippen molar-refractivity contribution in [1.82, 2.24) is 4.57 Å². The summed E-state index contributed by atoms with van der Waals surface area (Å²) in [5, 5.41) is 13.7. The smallest absolute Gasteiger partial charge is 0.322 e. The number of halogens is 3. The molecule has 40 heavy (non-hydrogen) atoms. The SMILES string of the molecule is Cc1ccc(NC(=O)c2c(-n3c(C)cc(/C=C(/C#N)c4cccc(C(F)(F)F)c4)c3C)sc3c2CCCC3)cc1. The molecule has 204 valence electrons. The molecule has 8 heteroatoms. The number of rotatable bonds is 5. The number of aromatic nitrogens is 1. The fraction of sp³-hybridized carbons (Fsp3) is 0.250. The van der Waals surface area contributed by atoms with Crippen LogP contribution >= 0.6 is 11.3 Å². The van der Waals surface area contributed by atoms with E-state index in [1.165, 1.54) is 17.0 Å². The molecule has 0 saturated carbocycles. The minimum atomic E-state index is -4.50. The number of nitriles is 1. The van der Waals surface area contributed by atoms with Crippen molar-refractivity contribution in [1.29, 1.82) is 5.26 Å². The predicted molar refractivity (Wildman–Crippen MR) is 154 cm³/mol. The van der Waals surface area contributed by atoms with Gasteiger partial charge in [0.2, 0.25) is 0 Å². The van der Waals surface area contributed by atoms with Gasteiger partial charge >= 0.3 is 6.18 Å². The van der Waals surface area contributed by atoms with Crippen molar-refractivity contribution in [2.75, 3.05) is 5.32 Å². The van der Waals surface area contributed by atoms with E-state index in [9.17, 15) is 23.2 Å². The van der Waals surface area contributed by atoms with Crippen molar-refractivity contribution in [2.45, 2.75) is 52.6 Å². The monoisotopic (exact) mass is 559 g/mol. The van der Waals surface area contributed by atoms with Crippen molar-refractivity contribution in [3.63, 3.8) is 0 Å². The number of allylic oxidation sites excluding steroid dienone is 1. The lowest BCUT2D eigenvalue weighted by atomic mass is 9.95. The van der Waals surface area contributed by atoms with Crippen molar-refractivity contribution >= 4 is 34.6 Å². The Hall–Kier alpha value is -4.09. The Morgan fingerprint density at radius 1 is 1.05 bits per heavy atom. The van der Waals surface area contributed by atoms with Gasteiger partial charge in [0, 0.05) is 22.0 Å². The van der Waals surface area contributed by atoms with Crippen LogP contribution in [0.4, 0.5) is 18.9 Å². The van der Waals surface area contributed by atoms with Crippen LogP contribution < -0.4 is 5.32 Å². The standard InChI is InChI=1S/C32H28F3N3OS/c1-19-11-13-26(14-12-19)37-30(39)29-27-9-4-5-10-28(27)40-31(29)38-20(2)15-23(21(38)3)16-24(18-36)22-7-6-8-25(17-22)32(33,34)35/h6-8,11-17H,4-5,9-10H2,1-3H3,(H,37,39)/b24-16-. The number of carbonyl (C=O) groups excluding carboxylic acids is 1. The molecule has 1 aliphatic carbocycles. The molecule has 2 aromatic heterocycles. The number of thiophene rings is 1. The maximum atomic E-state index is 13.7. The summed E-state index contributed by atoms with van der Waals surface area (Å²) in [6, 6.07) is 16.4. The predicted octanol–water partition coefficient (Wildman–Crippen LogP) is 8.68. The second-order valence-electron chi connectivity index (χ2n) is 10.1. The van der Waals surface area contributed by atoms with Gasteiger partial charge in [0.1, 0.15) is 5.00 Å². The summed E-state index contributed by atoms with van der Waals surface area (Å²) in [5.41, 5.74) is 5.49. The lowest BCUT2D eigenvalue weighted by Crippen LogP contribution is -2.17. The fourth-order valence-electron chi connectivity index (χ4n) is 5.22. The number of nitrogens with zero attached hydrogens (tertiary/aromatic N) is 2. The first kappa shape index (κ1) is 27.5. The summed E-state index contributed by atoms with van der Waals surface area (Å²) in [4.78, 5) is 14.9. The molecule has 0 unspecified atom stereocenters. The zero-order chi connectivity index (χ0) is 28.6. The Kier molecular flexibility index (Phi) is 7.43. The summed E-state index contributed by atoms with van der Waals surface area (Å²) < 4.78 is 41.9. The van der Waals surface area contributed by atoms with Gasteiger partial charge in [0.05, 0.1) is 22.8 Å². The van der Waals surface area contributed by atoms with E-state index in [0.717, 1.165) is 71.0 Å². The molecule has 0 spiro atoms. The van der Waals surface area contributed by atoms with E-state index in [1.54, 1.807) is 17.4 Å². The van der Waals surface area contributed by atoms with Crippen molar-refractivity contribution in [3.05, 3.63) is 104 Å². The molecule has 0 saturated heterocycles. The summed E-state index contributed by atoms with van der Waals surface area (Å²) >= 11 is 1.62. The third kappa shape index (κ3) is 5.34. The Morgan fingerprint density at radius 2 is 1.77 bits per heavy atom. The van der Waals surface area contributed by atoms with Gasteiger partial charge < -0.3 is 9.88 Å². The van der Waals surface area contributed by atoms with Gasteiger partial charge in [-0.2, -0.15) is 18.4 Å². The van der Waals surface area contributed by atoms with Crippen LogP contribution in [-0.2, 0) is 19.0 Å². The minimum absolute atomic E-state index is 0.133. The maximum absolute atomic E-state index is 13.7. The molecular weight excluding hydrogens is 531 g/mol. The first-order chi connectivity index (χ1) is 19.1.